The molecule has 2 N–H and O–H groups in total. The van der Waals surface area contributed by atoms with Crippen LogP contribution in [0.15, 0.2) is 57.7 Å². The molecule has 41 heavy (non-hydrogen) atoms. The van der Waals surface area contributed by atoms with E-state index in [2.05, 4.69) is 30.7 Å². The first kappa shape index (κ1) is 28.1. The summed E-state index contributed by atoms with van der Waals surface area (Å²) in [6.45, 7) is 4.05. The quantitative estimate of drug-likeness (QED) is 0.143. The zero-order valence-electron chi connectivity index (χ0n) is 22.1. The van der Waals surface area contributed by atoms with Gasteiger partial charge >= 0.3 is 0 Å². The van der Waals surface area contributed by atoms with E-state index >= 15 is 4.39 Å². The molecule has 14 heteroatoms. The lowest BCUT2D eigenvalue weighted by atomic mass is 10.0. The normalized spacial score (nSPS) is 13.2. The predicted molar refractivity (Wildman–Crippen MR) is 149 cm³/mol. The summed E-state index contributed by atoms with van der Waals surface area (Å²) < 4.78 is 40.7. The summed E-state index contributed by atoms with van der Waals surface area (Å²) in [4.78, 5) is 35.0. The van der Waals surface area contributed by atoms with Crippen LogP contribution in [0.25, 0.3) is 0 Å². The predicted octanol–water partition coefficient (Wildman–Crippen LogP) is 5.35. The second kappa shape index (κ2) is 12.4. The van der Waals surface area contributed by atoms with Gasteiger partial charge in [-0.05, 0) is 47.6 Å². The van der Waals surface area contributed by atoms with Crippen molar-refractivity contribution in [1.82, 2.24) is 20.2 Å². The van der Waals surface area contributed by atoms with Crippen molar-refractivity contribution in [2.75, 3.05) is 43.6 Å². The number of aromatic nitrogens is 4. The highest BCUT2D eigenvalue weighted by atomic mass is 32.2. The first-order chi connectivity index (χ1) is 19.9. The number of halogens is 2. The number of ether oxygens (including phenoxy) is 2. The SMILES string of the molecule is COc1c(Nc2cc(C)[nH]n2)nc(Sc2ccc(C(=O)Cc3cccc(N=O)c3F)cc2F)nc1N1CCOCC1. The van der Waals surface area contributed by atoms with Crippen LogP contribution in [0.5, 0.6) is 5.75 Å². The van der Waals surface area contributed by atoms with Crippen LogP contribution in [0, 0.1) is 23.5 Å². The number of methoxy groups -OCH3 is 1. The van der Waals surface area contributed by atoms with Crippen molar-refractivity contribution >= 4 is 40.7 Å². The van der Waals surface area contributed by atoms with Crippen molar-refractivity contribution in [1.29, 1.82) is 0 Å². The van der Waals surface area contributed by atoms with E-state index in [-0.39, 0.29) is 33.3 Å². The second-order valence-electron chi connectivity index (χ2n) is 9.06. The smallest absolute Gasteiger partial charge is 0.204 e. The third kappa shape index (κ3) is 6.33. The van der Waals surface area contributed by atoms with Gasteiger partial charge in [-0.1, -0.05) is 18.2 Å². The van der Waals surface area contributed by atoms with Crippen molar-refractivity contribution in [2.24, 2.45) is 5.18 Å². The molecule has 0 atom stereocenters. The third-order valence-corrected chi connectivity index (χ3v) is 7.17. The van der Waals surface area contributed by atoms with Crippen LogP contribution < -0.4 is 15.0 Å². The number of nitroso groups, excluding NO2 is 1. The fourth-order valence-corrected chi connectivity index (χ4v) is 4.99. The number of rotatable bonds is 10. The maximum absolute atomic E-state index is 15.2. The Bertz CT molecular complexity index is 1590. The molecule has 11 nitrogen and oxygen atoms in total. The van der Waals surface area contributed by atoms with Gasteiger partial charge in [-0.3, -0.25) is 9.89 Å². The van der Waals surface area contributed by atoms with Gasteiger partial charge in [0.1, 0.15) is 11.5 Å². The molecule has 0 bridgehead atoms. The largest absolute Gasteiger partial charge is 0.490 e. The molecule has 1 saturated heterocycles. The molecule has 1 aliphatic rings. The van der Waals surface area contributed by atoms with Crippen LogP contribution in [0.2, 0.25) is 0 Å². The summed E-state index contributed by atoms with van der Waals surface area (Å²) >= 11 is 0.976. The topological polar surface area (TPSA) is 135 Å². The minimum atomic E-state index is -0.870. The van der Waals surface area contributed by atoms with Gasteiger partial charge in [0.15, 0.2) is 34.2 Å². The van der Waals surface area contributed by atoms with Gasteiger partial charge in [-0.2, -0.15) is 5.10 Å². The fraction of sp³-hybridized carbons (Fsp3) is 0.259. The summed E-state index contributed by atoms with van der Waals surface area (Å²) in [6.07, 6.45) is -0.354. The lowest BCUT2D eigenvalue weighted by Gasteiger charge is -2.29. The molecule has 0 aliphatic carbocycles. The Balaban J connectivity index is 1.42. The minimum Gasteiger partial charge on any atom is -0.490 e. The van der Waals surface area contributed by atoms with Crippen molar-refractivity contribution in [3.63, 3.8) is 0 Å². The van der Waals surface area contributed by atoms with Crippen molar-refractivity contribution < 1.29 is 23.0 Å². The zero-order valence-corrected chi connectivity index (χ0v) is 22.9. The monoisotopic (exact) mass is 581 g/mol. The number of aromatic amines is 1. The molecule has 5 rings (SSSR count). The first-order valence-electron chi connectivity index (χ1n) is 12.6. The third-order valence-electron chi connectivity index (χ3n) is 6.26. The van der Waals surface area contributed by atoms with Crippen LogP contribution >= 0.6 is 11.8 Å². The van der Waals surface area contributed by atoms with E-state index in [1.54, 1.807) is 6.07 Å². The van der Waals surface area contributed by atoms with Crippen molar-refractivity contribution in [3.8, 4) is 5.75 Å². The summed E-state index contributed by atoms with van der Waals surface area (Å²) in [5.41, 5.74) is 0.508. The maximum atomic E-state index is 15.2. The Kier molecular flexibility index (Phi) is 8.50. The van der Waals surface area contributed by atoms with Gasteiger partial charge in [0.05, 0.1) is 25.2 Å². The van der Waals surface area contributed by atoms with Crippen molar-refractivity contribution in [3.05, 3.63) is 75.8 Å². The van der Waals surface area contributed by atoms with Gasteiger partial charge in [0.25, 0.3) is 0 Å². The molecule has 1 aliphatic heterocycles. The second-order valence-corrected chi connectivity index (χ2v) is 10.1. The number of ketones is 1. The molecule has 2 aromatic heterocycles. The molecule has 0 spiro atoms. The van der Waals surface area contributed by atoms with Gasteiger partial charge in [-0.25, -0.2) is 18.7 Å². The molecule has 0 unspecified atom stereocenters. The Labute approximate surface area is 237 Å². The standard InChI is InChI=1S/C27H25F2N7O4S/c1-15-12-22(34-33-15)30-25-24(39-2)26(36-8-10-40-11-9-36)32-27(31-25)41-21-7-6-16(13-18(21)28)20(37)14-17-4-3-5-19(35-38)23(17)29/h3-7,12-13H,8-11,14H2,1-2H3,(H2,30,31,32,33,34). The Morgan fingerprint density at radius 3 is 2.68 bits per heavy atom. The van der Waals surface area contributed by atoms with E-state index in [9.17, 15) is 14.1 Å². The molecule has 1 fully saturated rings. The van der Waals surface area contributed by atoms with Gasteiger partial charge < -0.3 is 19.7 Å². The molecule has 3 heterocycles. The highest BCUT2D eigenvalue weighted by Gasteiger charge is 2.24. The first-order valence-corrected chi connectivity index (χ1v) is 13.4. The van der Waals surface area contributed by atoms with E-state index in [1.807, 2.05) is 11.8 Å². The Morgan fingerprint density at radius 1 is 1.20 bits per heavy atom. The number of hydrogen-bond donors (Lipinski definition) is 2. The number of benzene rings is 2. The highest BCUT2D eigenvalue weighted by molar-refractivity contribution is 7.99. The minimum absolute atomic E-state index is 0.000343. The zero-order chi connectivity index (χ0) is 28.9. The van der Waals surface area contributed by atoms with Crippen LogP contribution in [-0.4, -0.2) is 59.4 Å². The van der Waals surface area contributed by atoms with E-state index in [0.29, 0.717) is 49.5 Å². The molecular formula is C27H25F2N7O4S. The van der Waals surface area contributed by atoms with Crippen LogP contribution in [0.1, 0.15) is 21.6 Å². The Hall–Kier alpha value is -4.43. The van der Waals surface area contributed by atoms with Gasteiger partial charge in [0.2, 0.25) is 5.75 Å². The molecule has 0 amide bonds. The summed E-state index contributed by atoms with van der Waals surface area (Å²) in [6, 6.07) is 9.80. The molecule has 2 aromatic carbocycles. The number of anilines is 3. The number of nitrogens with zero attached hydrogens (tertiary/aromatic N) is 5. The number of carbonyl (C=O) groups is 1. The van der Waals surface area contributed by atoms with Crippen LogP contribution in [0.3, 0.4) is 0 Å². The maximum Gasteiger partial charge on any atom is 0.204 e. The molecule has 4 aromatic rings. The summed E-state index contributed by atoms with van der Waals surface area (Å²) in [7, 11) is 1.52. The lowest BCUT2D eigenvalue weighted by molar-refractivity contribution is 0.0991. The molecule has 212 valence electrons. The number of aryl methyl sites for hydroxylation is 1. The van der Waals surface area contributed by atoms with E-state index in [4.69, 9.17) is 9.47 Å². The summed E-state index contributed by atoms with van der Waals surface area (Å²) in [5, 5.41) is 13.1. The molecule has 0 saturated carbocycles. The number of morpholine rings is 1. The van der Waals surface area contributed by atoms with E-state index in [1.165, 1.54) is 37.4 Å². The van der Waals surface area contributed by atoms with Crippen molar-refractivity contribution in [2.45, 2.75) is 23.4 Å². The number of carbonyl (C=O) groups excluding carboxylic acids is 1. The average Bonchev–Trinajstić information content (AvgIpc) is 3.39. The highest BCUT2D eigenvalue weighted by Crippen LogP contribution is 2.39. The van der Waals surface area contributed by atoms with E-state index < -0.39 is 17.4 Å². The lowest BCUT2D eigenvalue weighted by Crippen LogP contribution is -2.37. The molecular weight excluding hydrogens is 556 g/mol. The average molecular weight is 582 g/mol. The Morgan fingerprint density at radius 2 is 2.00 bits per heavy atom. The molecule has 0 radical (unpaired) electrons. The fourth-order valence-electron chi connectivity index (χ4n) is 4.23. The van der Waals surface area contributed by atoms with Gasteiger partial charge in [-0.15, -0.1) is 4.91 Å². The summed E-state index contributed by atoms with van der Waals surface area (Å²) in [5.74, 6) is -0.273. The number of nitrogens with one attached hydrogen (secondary N) is 2. The number of hydrogen-bond acceptors (Lipinski definition) is 11. The number of Topliss-reactive ketones (excluding diaryl/α,β-unsaturated/α-hetero) is 1. The van der Waals surface area contributed by atoms with Crippen LogP contribution in [0.4, 0.5) is 31.9 Å². The van der Waals surface area contributed by atoms with E-state index in [0.717, 1.165) is 23.5 Å². The van der Waals surface area contributed by atoms with Gasteiger partial charge in [0, 0.05) is 36.8 Å². The van der Waals surface area contributed by atoms with Crippen LogP contribution in [-0.2, 0) is 11.2 Å². The number of H-pyrrole nitrogens is 1.